The van der Waals surface area contributed by atoms with Gasteiger partial charge in [0.15, 0.2) is 0 Å². The molecule has 0 aliphatic carbocycles. The number of amides is 1. The van der Waals surface area contributed by atoms with Gasteiger partial charge >= 0.3 is 6.09 Å². The van der Waals surface area contributed by atoms with Crippen molar-refractivity contribution < 1.29 is 9.53 Å². The summed E-state index contributed by atoms with van der Waals surface area (Å²) < 4.78 is 5.16. The van der Waals surface area contributed by atoms with Crippen molar-refractivity contribution >= 4 is 6.09 Å². The number of carbonyl (C=O) groups is 1. The van der Waals surface area contributed by atoms with E-state index >= 15 is 0 Å². The molecule has 18 heavy (non-hydrogen) atoms. The third-order valence-corrected chi connectivity index (χ3v) is 3.16. The lowest BCUT2D eigenvalue weighted by atomic mass is 9.97. The molecule has 106 valence electrons. The van der Waals surface area contributed by atoms with Gasteiger partial charge in [0.05, 0.1) is 0 Å². The number of likely N-dealkylation sites (tertiary alicyclic amines) is 1. The lowest BCUT2D eigenvalue weighted by Gasteiger charge is -2.31. The molecule has 0 aromatic heterocycles. The van der Waals surface area contributed by atoms with Crippen molar-refractivity contribution in [1.82, 2.24) is 10.2 Å². The van der Waals surface area contributed by atoms with Crippen molar-refractivity contribution in [3.8, 4) is 0 Å². The summed E-state index contributed by atoms with van der Waals surface area (Å²) in [7, 11) is 0. The smallest absolute Gasteiger partial charge is 0.407 e. The van der Waals surface area contributed by atoms with Gasteiger partial charge in [0.2, 0.25) is 0 Å². The van der Waals surface area contributed by atoms with Crippen molar-refractivity contribution in [2.24, 2.45) is 11.7 Å². The molecule has 0 saturated carbocycles. The minimum absolute atomic E-state index is 0.240. The molecule has 0 aromatic carbocycles. The zero-order valence-corrected chi connectivity index (χ0v) is 11.9. The fourth-order valence-electron chi connectivity index (χ4n) is 2.06. The predicted octanol–water partition coefficient (Wildman–Crippen LogP) is 1.18. The van der Waals surface area contributed by atoms with E-state index in [-0.39, 0.29) is 11.6 Å². The molecule has 0 unspecified atom stereocenters. The molecule has 1 rings (SSSR count). The summed E-state index contributed by atoms with van der Waals surface area (Å²) in [5, 5.41) is 2.78. The molecule has 1 heterocycles. The van der Waals surface area contributed by atoms with Crippen LogP contribution in [0.5, 0.6) is 0 Å². The van der Waals surface area contributed by atoms with Gasteiger partial charge in [-0.1, -0.05) is 0 Å². The number of alkyl carbamates (subject to hydrolysis) is 1. The number of hydrogen-bond donors (Lipinski definition) is 2. The van der Waals surface area contributed by atoms with Crippen LogP contribution in [0.1, 0.15) is 33.6 Å². The maximum atomic E-state index is 11.4. The van der Waals surface area contributed by atoms with E-state index in [1.165, 1.54) is 0 Å². The van der Waals surface area contributed by atoms with Crippen molar-refractivity contribution in [1.29, 1.82) is 0 Å². The first-order valence-corrected chi connectivity index (χ1v) is 6.78. The van der Waals surface area contributed by atoms with Gasteiger partial charge in [-0.3, -0.25) is 4.90 Å². The maximum absolute atomic E-state index is 11.4. The second-order valence-electron chi connectivity index (χ2n) is 6.03. The van der Waals surface area contributed by atoms with Gasteiger partial charge in [-0.25, -0.2) is 4.79 Å². The molecule has 5 nitrogen and oxygen atoms in total. The van der Waals surface area contributed by atoms with Crippen LogP contribution in [0.25, 0.3) is 0 Å². The molecule has 1 fully saturated rings. The summed E-state index contributed by atoms with van der Waals surface area (Å²) in [4.78, 5) is 13.8. The van der Waals surface area contributed by atoms with Gasteiger partial charge in [0.25, 0.3) is 0 Å². The summed E-state index contributed by atoms with van der Waals surface area (Å²) >= 11 is 0. The van der Waals surface area contributed by atoms with E-state index < -0.39 is 0 Å². The van der Waals surface area contributed by atoms with Gasteiger partial charge < -0.3 is 15.8 Å². The Balaban J connectivity index is 2.10. The Morgan fingerprint density at radius 3 is 2.50 bits per heavy atom. The highest BCUT2D eigenvalue weighted by Crippen LogP contribution is 2.15. The van der Waals surface area contributed by atoms with Gasteiger partial charge in [-0.15, -0.1) is 0 Å². The molecular formula is C13H27N3O2. The van der Waals surface area contributed by atoms with Crippen LogP contribution in [0.2, 0.25) is 0 Å². The lowest BCUT2D eigenvalue weighted by molar-refractivity contribution is 0.108. The molecule has 0 radical (unpaired) electrons. The lowest BCUT2D eigenvalue weighted by Crippen LogP contribution is -2.42. The fraction of sp³-hybridized carbons (Fsp3) is 0.923. The van der Waals surface area contributed by atoms with Gasteiger partial charge in [-0.2, -0.15) is 0 Å². The van der Waals surface area contributed by atoms with Crippen molar-refractivity contribution in [3.63, 3.8) is 0 Å². The Labute approximate surface area is 110 Å². The Hall–Kier alpha value is -0.810. The summed E-state index contributed by atoms with van der Waals surface area (Å²) in [6.45, 7) is 9.99. The molecule has 1 aliphatic heterocycles. The molecule has 5 heteroatoms. The van der Waals surface area contributed by atoms with Crippen LogP contribution >= 0.6 is 0 Å². The highest BCUT2D eigenvalue weighted by atomic mass is 16.5. The van der Waals surface area contributed by atoms with E-state index in [9.17, 15) is 4.79 Å². The van der Waals surface area contributed by atoms with Crippen molar-refractivity contribution in [2.45, 2.75) is 39.2 Å². The number of nitrogens with zero attached hydrogens (tertiary/aromatic N) is 1. The minimum Gasteiger partial charge on any atom is -0.448 e. The largest absolute Gasteiger partial charge is 0.448 e. The van der Waals surface area contributed by atoms with E-state index in [1.54, 1.807) is 0 Å². The molecule has 0 spiro atoms. The molecule has 1 saturated heterocycles. The number of carbonyl (C=O) groups excluding carboxylic acids is 1. The second-order valence-corrected chi connectivity index (χ2v) is 6.03. The van der Waals surface area contributed by atoms with Gasteiger partial charge in [0, 0.05) is 12.1 Å². The average Bonchev–Trinajstić information content (AvgIpc) is 2.27. The highest BCUT2D eigenvalue weighted by Gasteiger charge is 2.18. The zero-order valence-electron chi connectivity index (χ0n) is 11.9. The third kappa shape index (κ3) is 6.21. The molecule has 1 aliphatic rings. The highest BCUT2D eigenvalue weighted by molar-refractivity contribution is 5.68. The predicted molar refractivity (Wildman–Crippen MR) is 72.5 cm³/mol. The molecule has 0 atom stereocenters. The monoisotopic (exact) mass is 257 g/mol. The van der Waals surface area contributed by atoms with Crippen LogP contribution in [0.3, 0.4) is 0 Å². The SMILES string of the molecule is CC(C)(C)NC(=O)OCCN1CCC(CN)CC1. The van der Waals surface area contributed by atoms with Crippen LogP contribution in [0.4, 0.5) is 4.79 Å². The first-order valence-electron chi connectivity index (χ1n) is 6.78. The first-order chi connectivity index (χ1) is 8.40. The van der Waals surface area contributed by atoms with E-state index in [1.807, 2.05) is 20.8 Å². The first kappa shape index (κ1) is 15.2. The van der Waals surface area contributed by atoms with Crippen molar-refractivity contribution in [3.05, 3.63) is 0 Å². The van der Waals surface area contributed by atoms with Gasteiger partial charge in [-0.05, 0) is 59.2 Å². The zero-order chi connectivity index (χ0) is 13.6. The number of hydrogen-bond acceptors (Lipinski definition) is 4. The number of piperidine rings is 1. The molecule has 3 N–H and O–H groups in total. The fourth-order valence-corrected chi connectivity index (χ4v) is 2.06. The molecule has 0 bridgehead atoms. The Morgan fingerprint density at radius 1 is 1.39 bits per heavy atom. The Bertz CT molecular complexity index is 255. The van der Waals surface area contributed by atoms with E-state index in [0.717, 1.165) is 39.0 Å². The molecule has 1 amide bonds. The Morgan fingerprint density at radius 2 is 2.00 bits per heavy atom. The van der Waals surface area contributed by atoms with Crippen LogP contribution in [-0.4, -0.2) is 49.3 Å². The standard InChI is InChI=1S/C13H27N3O2/c1-13(2,3)15-12(17)18-9-8-16-6-4-11(10-14)5-7-16/h11H,4-10,14H2,1-3H3,(H,15,17). The molecular weight excluding hydrogens is 230 g/mol. The normalized spacial score (nSPS) is 18.7. The summed E-state index contributed by atoms with van der Waals surface area (Å²) in [6.07, 6.45) is 1.98. The third-order valence-electron chi connectivity index (χ3n) is 3.16. The minimum atomic E-state index is -0.334. The van der Waals surface area contributed by atoms with Crippen LogP contribution in [0.15, 0.2) is 0 Å². The summed E-state index contributed by atoms with van der Waals surface area (Å²) in [5.74, 6) is 0.673. The topological polar surface area (TPSA) is 67.6 Å². The van der Waals surface area contributed by atoms with E-state index in [0.29, 0.717) is 12.5 Å². The Kier molecular flexibility index (Phi) is 5.88. The van der Waals surface area contributed by atoms with Crippen LogP contribution in [-0.2, 0) is 4.74 Å². The van der Waals surface area contributed by atoms with E-state index in [2.05, 4.69) is 10.2 Å². The summed E-state index contributed by atoms with van der Waals surface area (Å²) in [6, 6.07) is 0. The number of rotatable bonds is 4. The number of nitrogens with two attached hydrogens (primary N) is 1. The van der Waals surface area contributed by atoms with E-state index in [4.69, 9.17) is 10.5 Å². The average molecular weight is 257 g/mol. The number of ether oxygens (including phenoxy) is 1. The molecule has 0 aromatic rings. The van der Waals surface area contributed by atoms with Crippen LogP contribution < -0.4 is 11.1 Å². The quantitative estimate of drug-likeness (QED) is 0.793. The number of nitrogens with one attached hydrogen (secondary N) is 1. The van der Waals surface area contributed by atoms with Crippen molar-refractivity contribution in [2.75, 3.05) is 32.8 Å². The maximum Gasteiger partial charge on any atom is 0.407 e. The second kappa shape index (κ2) is 6.95. The summed E-state index contributed by atoms with van der Waals surface area (Å²) in [5.41, 5.74) is 5.41. The van der Waals surface area contributed by atoms with Gasteiger partial charge in [0.1, 0.15) is 6.61 Å². The van der Waals surface area contributed by atoms with Crippen LogP contribution in [0, 0.1) is 5.92 Å².